The lowest BCUT2D eigenvalue weighted by Crippen LogP contribution is -2.11. The van der Waals surface area contributed by atoms with Gasteiger partial charge in [-0.25, -0.2) is 0 Å². The van der Waals surface area contributed by atoms with E-state index in [1.165, 1.54) is 0 Å². The molecule has 0 radical (unpaired) electrons. The molecule has 1 N–H and O–H groups in total. The lowest BCUT2D eigenvalue weighted by atomic mass is 10.0. The van der Waals surface area contributed by atoms with Gasteiger partial charge in [-0.1, -0.05) is 91.0 Å². The Balaban J connectivity index is 0.000000271. The van der Waals surface area contributed by atoms with Gasteiger partial charge in [-0.15, -0.1) is 0 Å². The molecule has 0 aromatic heterocycles. The highest BCUT2D eigenvalue weighted by Crippen LogP contribution is 2.17. The highest BCUT2D eigenvalue weighted by atomic mass is 16.5. The maximum atomic E-state index is 11.9. The number of hydrogen-bond donors (Lipinski definition) is 1. The van der Waals surface area contributed by atoms with Crippen LogP contribution >= 0.6 is 0 Å². The Morgan fingerprint density at radius 1 is 0.656 bits per heavy atom. The van der Waals surface area contributed by atoms with Gasteiger partial charge >= 0.3 is 0 Å². The van der Waals surface area contributed by atoms with Crippen molar-refractivity contribution in [3.63, 3.8) is 0 Å². The van der Waals surface area contributed by atoms with Gasteiger partial charge in [-0.3, -0.25) is 9.59 Å². The maximum Gasteiger partial charge on any atom is 0.195 e. The van der Waals surface area contributed by atoms with Crippen molar-refractivity contribution in [3.05, 3.63) is 108 Å². The predicted octanol–water partition coefficient (Wildman–Crippen LogP) is 6.31. The van der Waals surface area contributed by atoms with Gasteiger partial charge in [0.2, 0.25) is 0 Å². The molecule has 0 bridgehead atoms. The Morgan fingerprint density at radius 2 is 1.03 bits per heavy atom. The van der Waals surface area contributed by atoms with Gasteiger partial charge in [0.1, 0.15) is 6.10 Å². The first-order chi connectivity index (χ1) is 15.2. The first-order valence-corrected chi connectivity index (χ1v) is 10.8. The normalized spacial score (nSPS) is 11.0. The Morgan fingerprint density at radius 3 is 1.34 bits per heavy atom. The summed E-state index contributed by atoms with van der Waals surface area (Å²) in [5.74, 6) is -0.151. The topological polar surface area (TPSA) is 63.6 Å². The average Bonchev–Trinajstić information content (AvgIpc) is 2.80. The minimum Gasteiger partial charge on any atom is -0.380 e. The number of carbonyl (C=O) groups excluding carboxylic acids is 2. The molecule has 0 aliphatic carbocycles. The molecule has 4 heteroatoms. The summed E-state index contributed by atoms with van der Waals surface area (Å²) in [5, 5.41) is 9.89. The molecule has 0 amide bonds. The second-order valence-corrected chi connectivity index (χ2v) is 7.70. The Bertz CT molecular complexity index is 898. The lowest BCUT2D eigenvalue weighted by Gasteiger charge is -2.09. The summed E-state index contributed by atoms with van der Waals surface area (Å²) in [6, 6.07) is 27.0. The van der Waals surface area contributed by atoms with Crippen molar-refractivity contribution < 1.29 is 19.4 Å². The summed E-state index contributed by atoms with van der Waals surface area (Å²) >= 11 is 0. The minimum atomic E-state index is -1.08. The van der Waals surface area contributed by atoms with E-state index in [1.807, 2.05) is 70.2 Å². The molecule has 3 aromatic carbocycles. The maximum absolute atomic E-state index is 11.9. The van der Waals surface area contributed by atoms with Crippen LogP contribution in [0.15, 0.2) is 91.0 Å². The summed E-state index contributed by atoms with van der Waals surface area (Å²) in [6.07, 6.45) is -0.330. The van der Waals surface area contributed by atoms with Crippen molar-refractivity contribution in [3.8, 4) is 0 Å². The molecule has 1 unspecified atom stereocenters. The van der Waals surface area contributed by atoms with Crippen LogP contribution < -0.4 is 0 Å². The number of ether oxygens (including phenoxy) is 1. The minimum absolute atomic E-state index is 0.121. The molecule has 0 aliphatic heterocycles. The van der Waals surface area contributed by atoms with E-state index in [0.29, 0.717) is 23.3 Å². The molecule has 170 valence electrons. The van der Waals surface area contributed by atoms with E-state index in [9.17, 15) is 14.7 Å². The molecule has 0 saturated heterocycles. The van der Waals surface area contributed by atoms with Crippen LogP contribution in [-0.2, 0) is 4.74 Å². The molecule has 4 nitrogen and oxygen atoms in total. The number of hydrogen-bond acceptors (Lipinski definition) is 4. The summed E-state index contributed by atoms with van der Waals surface area (Å²) in [5.41, 5.74) is 1.92. The first kappa shape index (κ1) is 27.0. The van der Waals surface area contributed by atoms with Gasteiger partial charge in [0.25, 0.3) is 0 Å². The highest BCUT2D eigenvalue weighted by Gasteiger charge is 2.18. The number of benzene rings is 3. The van der Waals surface area contributed by atoms with Crippen LogP contribution in [0, 0.1) is 0 Å². The number of carbonyl (C=O) groups is 2. The van der Waals surface area contributed by atoms with Crippen molar-refractivity contribution in [2.45, 2.75) is 52.9 Å². The van der Waals surface area contributed by atoms with Crippen molar-refractivity contribution in [1.82, 2.24) is 0 Å². The monoisotopic (exact) mass is 434 g/mol. The number of aliphatic hydroxyl groups excluding tert-OH is 1. The second-order valence-electron chi connectivity index (χ2n) is 7.70. The van der Waals surface area contributed by atoms with Crippen molar-refractivity contribution >= 4 is 11.6 Å². The molecule has 1 atom stereocenters. The number of aliphatic hydroxyl groups is 1. The molecule has 0 heterocycles. The number of Topliss-reactive ketones (excluding diaryl/α,β-unsaturated/α-hetero) is 2. The van der Waals surface area contributed by atoms with E-state index in [1.54, 1.807) is 55.5 Å². The Labute approximate surface area is 191 Å². The first-order valence-electron chi connectivity index (χ1n) is 10.8. The third-order valence-corrected chi connectivity index (χ3v) is 4.15. The van der Waals surface area contributed by atoms with Crippen LogP contribution in [0.2, 0.25) is 0 Å². The van der Waals surface area contributed by atoms with Crippen LogP contribution in [0.3, 0.4) is 0 Å². The summed E-state index contributed by atoms with van der Waals surface area (Å²) in [6.45, 7) is 9.73. The van der Waals surface area contributed by atoms with Crippen LogP contribution in [-0.4, -0.2) is 28.9 Å². The Kier molecular flexibility index (Phi) is 12.5. The molecule has 3 aromatic rings. The summed E-state index contributed by atoms with van der Waals surface area (Å²) in [4.78, 5) is 22.5. The van der Waals surface area contributed by atoms with E-state index >= 15 is 0 Å². The zero-order valence-corrected chi connectivity index (χ0v) is 19.6. The van der Waals surface area contributed by atoms with Gasteiger partial charge in [0.05, 0.1) is 12.2 Å². The van der Waals surface area contributed by atoms with E-state index in [2.05, 4.69) is 0 Å². The van der Waals surface area contributed by atoms with Crippen LogP contribution in [0.5, 0.6) is 0 Å². The zero-order chi connectivity index (χ0) is 23.9. The highest BCUT2D eigenvalue weighted by molar-refractivity contribution is 5.99. The van der Waals surface area contributed by atoms with Crippen molar-refractivity contribution in [2.75, 3.05) is 0 Å². The fourth-order valence-corrected chi connectivity index (χ4v) is 2.76. The van der Waals surface area contributed by atoms with Gasteiger partial charge in [-0.2, -0.15) is 0 Å². The number of rotatable bonds is 6. The van der Waals surface area contributed by atoms with E-state index in [-0.39, 0.29) is 11.6 Å². The quantitative estimate of drug-likeness (QED) is 0.462. The van der Waals surface area contributed by atoms with Crippen molar-refractivity contribution in [2.24, 2.45) is 0 Å². The average molecular weight is 435 g/mol. The SMILES string of the molecule is CC(=O)c1ccccc1.CC(C)OC(C)C.O=C(c1ccccc1)C(O)c1ccccc1. The second kappa shape index (κ2) is 14.8. The fraction of sp³-hybridized carbons (Fsp3) is 0.286. The molecular formula is C28H34O4. The van der Waals surface area contributed by atoms with Gasteiger partial charge < -0.3 is 9.84 Å². The standard InChI is InChI=1S/C14H12O2.C8H8O.C6H14O/c15-13(11-7-3-1-4-8-11)14(16)12-9-5-2-6-10-12;1-7(9)8-5-3-2-4-6-8;1-5(2)7-6(3)4/h1-10,13,15H;2-6H,1H3;5-6H,1-4H3. The van der Waals surface area contributed by atoms with Gasteiger partial charge in [0, 0.05) is 11.1 Å². The third-order valence-electron chi connectivity index (χ3n) is 4.15. The molecule has 0 saturated carbocycles. The van der Waals surface area contributed by atoms with Gasteiger partial charge in [-0.05, 0) is 40.2 Å². The summed E-state index contributed by atoms with van der Waals surface area (Å²) in [7, 11) is 0. The van der Waals surface area contributed by atoms with Crippen LogP contribution in [0.4, 0.5) is 0 Å². The van der Waals surface area contributed by atoms with Crippen LogP contribution in [0.25, 0.3) is 0 Å². The third kappa shape index (κ3) is 10.8. The molecule has 0 aliphatic rings. The number of ketones is 2. The van der Waals surface area contributed by atoms with E-state index < -0.39 is 6.10 Å². The van der Waals surface area contributed by atoms with Crippen LogP contribution in [0.1, 0.15) is 67.0 Å². The molecule has 0 fully saturated rings. The fourth-order valence-electron chi connectivity index (χ4n) is 2.76. The molecular weight excluding hydrogens is 400 g/mol. The van der Waals surface area contributed by atoms with E-state index in [0.717, 1.165) is 5.56 Å². The largest absolute Gasteiger partial charge is 0.380 e. The smallest absolute Gasteiger partial charge is 0.195 e. The lowest BCUT2D eigenvalue weighted by molar-refractivity contribution is 0.0300. The Hall–Kier alpha value is -3.08. The predicted molar refractivity (Wildman–Crippen MR) is 130 cm³/mol. The van der Waals surface area contributed by atoms with Gasteiger partial charge in [0.15, 0.2) is 11.6 Å². The van der Waals surface area contributed by atoms with Crippen molar-refractivity contribution in [1.29, 1.82) is 0 Å². The summed E-state index contributed by atoms with van der Waals surface area (Å²) < 4.78 is 5.25. The molecule has 3 rings (SSSR count). The van der Waals surface area contributed by atoms with E-state index in [4.69, 9.17) is 4.74 Å². The molecule has 32 heavy (non-hydrogen) atoms. The zero-order valence-electron chi connectivity index (χ0n) is 19.6. The molecule has 0 spiro atoms.